The van der Waals surface area contributed by atoms with Crippen molar-refractivity contribution in [3.05, 3.63) is 0 Å². The molecule has 1 rings (SSSR count). The van der Waals surface area contributed by atoms with Gasteiger partial charge >= 0.3 is 0 Å². The van der Waals surface area contributed by atoms with Crippen LogP contribution in [0.2, 0.25) is 0 Å². The van der Waals surface area contributed by atoms with E-state index in [0.717, 1.165) is 31.2 Å². The van der Waals surface area contributed by atoms with Gasteiger partial charge in [0.2, 0.25) is 0 Å². The van der Waals surface area contributed by atoms with Crippen molar-refractivity contribution < 1.29 is 0 Å². The second kappa shape index (κ2) is 6.40. The van der Waals surface area contributed by atoms with Crippen LogP contribution in [-0.2, 0) is 0 Å². The molecular formula is C15H28N2. The minimum Gasteiger partial charge on any atom is -0.314 e. The van der Waals surface area contributed by atoms with Crippen molar-refractivity contribution in [3.63, 3.8) is 0 Å². The van der Waals surface area contributed by atoms with Crippen molar-refractivity contribution >= 4 is 0 Å². The fourth-order valence-electron chi connectivity index (χ4n) is 2.99. The first-order valence-corrected chi connectivity index (χ1v) is 7.15. The molecule has 3 unspecified atom stereocenters. The molecular weight excluding hydrogens is 208 g/mol. The Labute approximate surface area is 107 Å². The molecule has 1 saturated carbocycles. The Morgan fingerprint density at radius 2 is 2.06 bits per heavy atom. The van der Waals surface area contributed by atoms with Crippen LogP contribution in [-0.4, -0.2) is 12.6 Å². The lowest BCUT2D eigenvalue weighted by Crippen LogP contribution is -2.33. The van der Waals surface area contributed by atoms with Gasteiger partial charge in [0.25, 0.3) is 0 Å². The third kappa shape index (κ3) is 4.32. The topological polar surface area (TPSA) is 35.8 Å². The maximum Gasteiger partial charge on any atom is 0.0683 e. The van der Waals surface area contributed by atoms with Crippen LogP contribution in [0.4, 0.5) is 0 Å². The van der Waals surface area contributed by atoms with Crippen LogP contribution in [0, 0.1) is 28.6 Å². The predicted octanol–water partition coefficient (Wildman–Crippen LogP) is 3.73. The lowest BCUT2D eigenvalue weighted by molar-refractivity contribution is 0.336. The molecule has 2 heteroatoms. The lowest BCUT2D eigenvalue weighted by atomic mass is 9.89. The lowest BCUT2D eigenvalue weighted by Gasteiger charge is -2.22. The van der Waals surface area contributed by atoms with Gasteiger partial charge in [-0.25, -0.2) is 0 Å². The number of hydrogen-bond acceptors (Lipinski definition) is 2. The van der Waals surface area contributed by atoms with Crippen LogP contribution in [0.3, 0.4) is 0 Å². The van der Waals surface area contributed by atoms with Gasteiger partial charge in [-0.3, -0.25) is 0 Å². The van der Waals surface area contributed by atoms with Crippen LogP contribution in [0.25, 0.3) is 0 Å². The Kier molecular flexibility index (Phi) is 5.46. The monoisotopic (exact) mass is 236 g/mol. The third-order valence-corrected chi connectivity index (χ3v) is 4.44. The zero-order valence-corrected chi connectivity index (χ0v) is 11.9. The standard InChI is InChI=1S/C15H28N2/c1-5-13-7-8-14(12(13)2)17-10-6-9-15(3,4)11-16/h12-14,17H,5-10H2,1-4H3. The van der Waals surface area contributed by atoms with E-state index >= 15 is 0 Å². The predicted molar refractivity (Wildman–Crippen MR) is 72.6 cm³/mol. The van der Waals surface area contributed by atoms with Gasteiger partial charge in [-0.2, -0.15) is 5.26 Å². The summed E-state index contributed by atoms with van der Waals surface area (Å²) in [5.74, 6) is 1.74. The Hall–Kier alpha value is -0.550. The van der Waals surface area contributed by atoms with Gasteiger partial charge in [-0.1, -0.05) is 20.3 Å². The summed E-state index contributed by atoms with van der Waals surface area (Å²) in [4.78, 5) is 0. The molecule has 0 amide bonds. The number of nitriles is 1. The van der Waals surface area contributed by atoms with Crippen molar-refractivity contribution in [1.82, 2.24) is 5.32 Å². The summed E-state index contributed by atoms with van der Waals surface area (Å²) in [5.41, 5.74) is -0.158. The molecule has 1 aliphatic carbocycles. The molecule has 98 valence electrons. The maximum absolute atomic E-state index is 8.94. The van der Waals surface area contributed by atoms with Crippen molar-refractivity contribution in [1.29, 1.82) is 5.26 Å². The highest BCUT2D eigenvalue weighted by atomic mass is 14.9. The quantitative estimate of drug-likeness (QED) is 0.713. The number of rotatable bonds is 6. The zero-order chi connectivity index (χ0) is 12.9. The SMILES string of the molecule is CCC1CCC(NCCCC(C)(C)C#N)C1C. The zero-order valence-electron chi connectivity index (χ0n) is 11.9. The van der Waals surface area contributed by atoms with E-state index in [0.29, 0.717) is 6.04 Å². The average Bonchev–Trinajstić information content (AvgIpc) is 2.66. The van der Waals surface area contributed by atoms with Crippen LogP contribution in [0.15, 0.2) is 0 Å². The van der Waals surface area contributed by atoms with Crippen LogP contribution < -0.4 is 5.32 Å². The molecule has 1 N–H and O–H groups in total. The minimum absolute atomic E-state index is 0.158. The fourth-order valence-corrected chi connectivity index (χ4v) is 2.99. The Morgan fingerprint density at radius 1 is 1.35 bits per heavy atom. The molecule has 0 aromatic heterocycles. The molecule has 17 heavy (non-hydrogen) atoms. The highest BCUT2D eigenvalue weighted by Crippen LogP contribution is 2.33. The first-order chi connectivity index (χ1) is 8.00. The molecule has 0 spiro atoms. The van der Waals surface area contributed by atoms with Gasteiger partial charge in [0.15, 0.2) is 0 Å². The number of hydrogen-bond donors (Lipinski definition) is 1. The number of nitrogens with one attached hydrogen (secondary N) is 1. The molecule has 2 nitrogen and oxygen atoms in total. The molecule has 0 bridgehead atoms. The Balaban J connectivity index is 2.18. The van der Waals surface area contributed by atoms with E-state index in [9.17, 15) is 0 Å². The fraction of sp³-hybridized carbons (Fsp3) is 0.933. The normalized spacial score (nSPS) is 29.2. The van der Waals surface area contributed by atoms with Crippen LogP contribution in [0.5, 0.6) is 0 Å². The van der Waals surface area contributed by atoms with Gasteiger partial charge in [0.1, 0.15) is 0 Å². The summed E-state index contributed by atoms with van der Waals surface area (Å²) in [7, 11) is 0. The molecule has 0 radical (unpaired) electrons. The van der Waals surface area contributed by atoms with Crippen molar-refractivity contribution in [2.75, 3.05) is 6.54 Å². The Morgan fingerprint density at radius 3 is 2.59 bits per heavy atom. The molecule has 1 fully saturated rings. The number of nitrogens with zero attached hydrogens (tertiary/aromatic N) is 1. The summed E-state index contributed by atoms with van der Waals surface area (Å²) in [6.45, 7) is 9.81. The molecule has 0 aliphatic heterocycles. The molecule has 0 aromatic rings. The van der Waals surface area contributed by atoms with E-state index < -0.39 is 0 Å². The highest BCUT2D eigenvalue weighted by Gasteiger charge is 2.30. The van der Waals surface area contributed by atoms with E-state index in [1.807, 2.05) is 13.8 Å². The summed E-state index contributed by atoms with van der Waals surface area (Å²) < 4.78 is 0. The van der Waals surface area contributed by atoms with E-state index in [1.165, 1.54) is 19.3 Å². The van der Waals surface area contributed by atoms with Crippen LogP contribution in [0.1, 0.15) is 59.8 Å². The molecule has 0 saturated heterocycles. The van der Waals surface area contributed by atoms with Crippen molar-refractivity contribution in [2.45, 2.75) is 65.8 Å². The van der Waals surface area contributed by atoms with Crippen molar-refractivity contribution in [3.8, 4) is 6.07 Å². The highest BCUT2D eigenvalue weighted by molar-refractivity contribution is 4.92. The first-order valence-electron chi connectivity index (χ1n) is 7.15. The second-order valence-electron chi connectivity index (χ2n) is 6.26. The summed E-state index contributed by atoms with van der Waals surface area (Å²) in [6, 6.07) is 3.08. The summed E-state index contributed by atoms with van der Waals surface area (Å²) >= 11 is 0. The summed E-state index contributed by atoms with van der Waals surface area (Å²) in [5, 5.41) is 12.6. The van der Waals surface area contributed by atoms with Gasteiger partial charge in [0, 0.05) is 6.04 Å². The molecule has 0 heterocycles. The second-order valence-corrected chi connectivity index (χ2v) is 6.26. The van der Waals surface area contributed by atoms with Gasteiger partial charge < -0.3 is 5.32 Å². The van der Waals surface area contributed by atoms with Gasteiger partial charge in [0.05, 0.1) is 11.5 Å². The molecule has 0 aromatic carbocycles. The summed E-state index contributed by atoms with van der Waals surface area (Å²) in [6.07, 6.45) is 6.15. The van der Waals surface area contributed by atoms with Crippen LogP contribution >= 0.6 is 0 Å². The van der Waals surface area contributed by atoms with E-state index in [4.69, 9.17) is 5.26 Å². The first kappa shape index (κ1) is 14.5. The van der Waals surface area contributed by atoms with E-state index in [-0.39, 0.29) is 5.41 Å². The van der Waals surface area contributed by atoms with E-state index in [2.05, 4.69) is 25.2 Å². The largest absolute Gasteiger partial charge is 0.314 e. The average molecular weight is 236 g/mol. The van der Waals surface area contributed by atoms with Gasteiger partial charge in [-0.05, 0) is 57.9 Å². The van der Waals surface area contributed by atoms with Gasteiger partial charge in [-0.15, -0.1) is 0 Å². The van der Waals surface area contributed by atoms with E-state index in [1.54, 1.807) is 0 Å². The third-order valence-electron chi connectivity index (χ3n) is 4.44. The minimum atomic E-state index is -0.158. The smallest absolute Gasteiger partial charge is 0.0683 e. The Bertz CT molecular complexity index is 265. The molecule has 3 atom stereocenters. The maximum atomic E-state index is 8.94. The van der Waals surface area contributed by atoms with Crippen molar-refractivity contribution in [2.24, 2.45) is 17.3 Å². The molecule has 1 aliphatic rings.